The zero-order chi connectivity index (χ0) is 13.9. The van der Waals surface area contributed by atoms with Gasteiger partial charge in [0.1, 0.15) is 0 Å². The molecule has 0 aromatic heterocycles. The largest absolute Gasteiger partial charge is 0.317 e. The average Bonchev–Trinajstić information content (AvgIpc) is 2.47. The van der Waals surface area contributed by atoms with Gasteiger partial charge in [0.15, 0.2) is 0 Å². The molecule has 1 aromatic carbocycles. The van der Waals surface area contributed by atoms with E-state index in [-0.39, 0.29) is 0 Å². The molecular formula is C17H30N2. The van der Waals surface area contributed by atoms with Crippen LogP contribution >= 0.6 is 0 Å². The lowest BCUT2D eigenvalue weighted by Crippen LogP contribution is -2.32. The highest BCUT2D eigenvalue weighted by Gasteiger charge is 2.08. The van der Waals surface area contributed by atoms with Crippen molar-refractivity contribution in [3.8, 4) is 0 Å². The quantitative estimate of drug-likeness (QED) is 0.696. The predicted octanol–water partition coefficient (Wildman–Crippen LogP) is 3.33. The number of hydrogen-bond acceptors (Lipinski definition) is 2. The van der Waals surface area contributed by atoms with E-state index in [2.05, 4.69) is 61.4 Å². The molecule has 0 spiro atoms. The molecule has 0 amide bonds. The Morgan fingerprint density at radius 1 is 1.05 bits per heavy atom. The summed E-state index contributed by atoms with van der Waals surface area (Å²) in [4.78, 5) is 2.50. The third-order valence-corrected chi connectivity index (χ3v) is 3.96. The Hall–Kier alpha value is -0.860. The van der Waals surface area contributed by atoms with Gasteiger partial charge in [-0.25, -0.2) is 0 Å². The maximum absolute atomic E-state index is 3.47. The molecule has 0 aliphatic heterocycles. The van der Waals surface area contributed by atoms with E-state index in [0.29, 0.717) is 6.04 Å². The smallest absolute Gasteiger partial charge is 0.00763 e. The lowest BCUT2D eigenvalue weighted by atomic mass is 10.0. The monoisotopic (exact) mass is 262 g/mol. The Morgan fingerprint density at radius 3 is 2.32 bits per heavy atom. The molecule has 2 heteroatoms. The molecule has 0 heterocycles. The zero-order valence-corrected chi connectivity index (χ0v) is 12.9. The van der Waals surface area contributed by atoms with Crippen LogP contribution in [0.5, 0.6) is 0 Å². The second kappa shape index (κ2) is 9.99. The lowest BCUT2D eigenvalue weighted by Gasteiger charge is -2.22. The summed E-state index contributed by atoms with van der Waals surface area (Å²) in [6, 6.07) is 11.5. The maximum atomic E-state index is 3.47. The molecule has 0 aliphatic rings. The van der Waals surface area contributed by atoms with Gasteiger partial charge < -0.3 is 10.2 Å². The van der Waals surface area contributed by atoms with Crippen LogP contribution < -0.4 is 5.32 Å². The molecule has 0 radical (unpaired) electrons. The minimum absolute atomic E-state index is 0.657. The van der Waals surface area contributed by atoms with Gasteiger partial charge in [-0.2, -0.15) is 0 Å². The number of nitrogens with zero attached hydrogens (tertiary/aromatic N) is 1. The summed E-state index contributed by atoms with van der Waals surface area (Å²) >= 11 is 0. The van der Waals surface area contributed by atoms with Gasteiger partial charge in [0, 0.05) is 6.04 Å². The predicted molar refractivity (Wildman–Crippen MR) is 84.6 cm³/mol. The summed E-state index contributed by atoms with van der Waals surface area (Å²) in [7, 11) is 2.09. The Bertz CT molecular complexity index is 306. The first-order valence-electron chi connectivity index (χ1n) is 7.73. The van der Waals surface area contributed by atoms with Gasteiger partial charge in [0.25, 0.3) is 0 Å². The first-order chi connectivity index (χ1) is 9.30. The van der Waals surface area contributed by atoms with Gasteiger partial charge in [0.05, 0.1) is 0 Å². The van der Waals surface area contributed by atoms with Crippen molar-refractivity contribution in [1.29, 1.82) is 0 Å². The Balaban J connectivity index is 2.21. The molecule has 1 aromatic rings. The molecular weight excluding hydrogens is 232 g/mol. The normalized spacial score (nSPS) is 12.8. The molecule has 1 rings (SSSR count). The van der Waals surface area contributed by atoms with E-state index in [0.717, 1.165) is 13.1 Å². The van der Waals surface area contributed by atoms with E-state index >= 15 is 0 Å². The van der Waals surface area contributed by atoms with Gasteiger partial charge >= 0.3 is 0 Å². The number of benzene rings is 1. The van der Waals surface area contributed by atoms with Gasteiger partial charge in [0.2, 0.25) is 0 Å². The second-order valence-electron chi connectivity index (χ2n) is 5.18. The zero-order valence-electron chi connectivity index (χ0n) is 12.9. The summed E-state index contributed by atoms with van der Waals surface area (Å²) in [5, 5.41) is 3.47. The second-order valence-corrected chi connectivity index (χ2v) is 5.18. The lowest BCUT2D eigenvalue weighted by molar-refractivity contribution is 0.279. The third-order valence-electron chi connectivity index (χ3n) is 3.96. The van der Waals surface area contributed by atoms with Gasteiger partial charge in [-0.3, -0.25) is 0 Å². The van der Waals surface area contributed by atoms with Crippen molar-refractivity contribution in [2.24, 2.45) is 0 Å². The minimum atomic E-state index is 0.657. The molecule has 0 fully saturated rings. The number of rotatable bonds is 10. The van der Waals surface area contributed by atoms with Crippen LogP contribution in [0.3, 0.4) is 0 Å². The highest BCUT2D eigenvalue weighted by molar-refractivity contribution is 5.14. The summed E-state index contributed by atoms with van der Waals surface area (Å²) in [6.07, 6.45) is 5.00. The van der Waals surface area contributed by atoms with Crippen molar-refractivity contribution in [2.75, 3.05) is 26.7 Å². The molecule has 108 valence electrons. The molecule has 2 nitrogen and oxygen atoms in total. The van der Waals surface area contributed by atoms with Crippen LogP contribution in [0.25, 0.3) is 0 Å². The summed E-state index contributed by atoms with van der Waals surface area (Å²) < 4.78 is 0. The van der Waals surface area contributed by atoms with Crippen LogP contribution in [0, 0.1) is 0 Å². The third kappa shape index (κ3) is 6.74. The SMILES string of the molecule is CCN(CC)CCC(CCCc1ccccc1)NC. The molecule has 0 saturated carbocycles. The number of nitrogens with one attached hydrogen (secondary N) is 1. The minimum Gasteiger partial charge on any atom is -0.317 e. The number of hydrogen-bond donors (Lipinski definition) is 1. The first kappa shape index (κ1) is 16.2. The van der Waals surface area contributed by atoms with Crippen LogP contribution in [-0.4, -0.2) is 37.6 Å². The number of aryl methyl sites for hydroxylation is 1. The van der Waals surface area contributed by atoms with Crippen LogP contribution in [0.1, 0.15) is 38.7 Å². The fourth-order valence-corrected chi connectivity index (χ4v) is 2.51. The van der Waals surface area contributed by atoms with Crippen molar-refractivity contribution >= 4 is 0 Å². The van der Waals surface area contributed by atoms with E-state index in [1.54, 1.807) is 0 Å². The van der Waals surface area contributed by atoms with Crippen molar-refractivity contribution in [3.05, 3.63) is 35.9 Å². The highest BCUT2D eigenvalue weighted by atomic mass is 15.1. The van der Waals surface area contributed by atoms with Gasteiger partial charge in [-0.15, -0.1) is 0 Å². The fourth-order valence-electron chi connectivity index (χ4n) is 2.51. The molecule has 1 unspecified atom stereocenters. The van der Waals surface area contributed by atoms with E-state index in [4.69, 9.17) is 0 Å². The Morgan fingerprint density at radius 2 is 1.74 bits per heavy atom. The van der Waals surface area contributed by atoms with Crippen LogP contribution in [0.2, 0.25) is 0 Å². The van der Waals surface area contributed by atoms with E-state index in [1.807, 2.05) is 0 Å². The Kier molecular flexibility index (Phi) is 8.52. The van der Waals surface area contributed by atoms with Crippen LogP contribution in [-0.2, 0) is 6.42 Å². The molecule has 1 N–H and O–H groups in total. The van der Waals surface area contributed by atoms with Crippen molar-refractivity contribution in [2.45, 2.75) is 45.6 Å². The summed E-state index contributed by atoms with van der Waals surface area (Å²) in [5.74, 6) is 0. The van der Waals surface area contributed by atoms with Crippen LogP contribution in [0.4, 0.5) is 0 Å². The molecule has 1 atom stereocenters. The van der Waals surface area contributed by atoms with Gasteiger partial charge in [-0.05, 0) is 57.9 Å². The topological polar surface area (TPSA) is 15.3 Å². The molecule has 19 heavy (non-hydrogen) atoms. The maximum Gasteiger partial charge on any atom is 0.00763 e. The molecule has 0 bridgehead atoms. The first-order valence-corrected chi connectivity index (χ1v) is 7.73. The molecule has 0 aliphatic carbocycles. The fraction of sp³-hybridized carbons (Fsp3) is 0.647. The van der Waals surface area contributed by atoms with Crippen LogP contribution in [0.15, 0.2) is 30.3 Å². The average molecular weight is 262 g/mol. The molecule has 0 saturated heterocycles. The van der Waals surface area contributed by atoms with Gasteiger partial charge in [-0.1, -0.05) is 44.2 Å². The summed E-state index contributed by atoms with van der Waals surface area (Å²) in [5.41, 5.74) is 1.46. The van der Waals surface area contributed by atoms with E-state index < -0.39 is 0 Å². The Labute approximate surface area is 119 Å². The van der Waals surface area contributed by atoms with E-state index in [1.165, 1.54) is 37.8 Å². The highest BCUT2D eigenvalue weighted by Crippen LogP contribution is 2.09. The van der Waals surface area contributed by atoms with E-state index in [9.17, 15) is 0 Å². The standard InChI is InChI=1S/C17H30N2/c1-4-19(5-2)15-14-17(18-3)13-9-12-16-10-7-6-8-11-16/h6-8,10-11,17-18H,4-5,9,12-15H2,1-3H3. The van der Waals surface area contributed by atoms with Crippen molar-refractivity contribution in [1.82, 2.24) is 10.2 Å². The summed E-state index contributed by atoms with van der Waals surface area (Å²) in [6.45, 7) is 8.03. The van der Waals surface area contributed by atoms with Crippen molar-refractivity contribution in [3.63, 3.8) is 0 Å². The van der Waals surface area contributed by atoms with Crippen molar-refractivity contribution < 1.29 is 0 Å².